The number of hydrogen-bond acceptors (Lipinski definition) is 3. The quantitative estimate of drug-likeness (QED) is 0.314. The van der Waals surface area contributed by atoms with Gasteiger partial charge in [-0.2, -0.15) is 0 Å². The molecule has 0 aliphatic rings. The lowest BCUT2D eigenvalue weighted by Gasteiger charge is -2.14. The fourth-order valence-electron chi connectivity index (χ4n) is 3.28. The van der Waals surface area contributed by atoms with Crippen molar-refractivity contribution in [3.8, 4) is 16.9 Å². The van der Waals surface area contributed by atoms with E-state index in [0.717, 1.165) is 17.0 Å². The average Bonchev–Trinajstić information content (AvgIpc) is 2.74. The van der Waals surface area contributed by atoms with Crippen molar-refractivity contribution in [2.24, 2.45) is 0 Å². The molecule has 144 valence electrons. The van der Waals surface area contributed by atoms with Gasteiger partial charge >= 0.3 is 0 Å². The predicted octanol–water partition coefficient (Wildman–Crippen LogP) is 5.81. The number of rotatable bonds is 5. The number of para-hydroxylation sites is 1. The van der Waals surface area contributed by atoms with Gasteiger partial charge in [0.25, 0.3) is 5.56 Å². The van der Waals surface area contributed by atoms with Crippen LogP contribution in [0.5, 0.6) is 0 Å². The molecule has 1 aromatic heterocycles. The lowest BCUT2D eigenvalue weighted by molar-refractivity contribution is 0.800. The Morgan fingerprint density at radius 1 is 0.862 bits per heavy atom. The van der Waals surface area contributed by atoms with Crippen LogP contribution in [0.3, 0.4) is 0 Å². The molecule has 0 amide bonds. The first-order chi connectivity index (χ1) is 14.1. The summed E-state index contributed by atoms with van der Waals surface area (Å²) in [5.74, 6) is 0.754. The third-order valence-electron chi connectivity index (χ3n) is 4.83. The lowest BCUT2D eigenvalue weighted by atomic mass is 10.1. The van der Waals surface area contributed by atoms with E-state index in [1.807, 2.05) is 60.7 Å². The van der Waals surface area contributed by atoms with Crippen LogP contribution in [0.25, 0.3) is 16.9 Å². The van der Waals surface area contributed by atoms with Crippen molar-refractivity contribution in [3.63, 3.8) is 0 Å². The summed E-state index contributed by atoms with van der Waals surface area (Å²) in [6, 6.07) is 27.6. The molecular weight excluding hydrogens is 376 g/mol. The van der Waals surface area contributed by atoms with Crippen molar-refractivity contribution < 1.29 is 0 Å². The van der Waals surface area contributed by atoms with Crippen LogP contribution in [0.2, 0.25) is 0 Å². The van der Waals surface area contributed by atoms with Gasteiger partial charge in [-0.05, 0) is 37.1 Å². The molecule has 0 radical (unpaired) electrons. The zero-order chi connectivity index (χ0) is 20.2. The van der Waals surface area contributed by atoms with Gasteiger partial charge in [-0.1, -0.05) is 84.1 Å². The van der Waals surface area contributed by atoms with E-state index >= 15 is 0 Å². The zero-order valence-electron chi connectivity index (χ0n) is 16.5. The van der Waals surface area contributed by atoms with Crippen LogP contribution in [-0.4, -0.2) is 9.55 Å². The van der Waals surface area contributed by atoms with Crippen LogP contribution in [0, 0.1) is 13.8 Å². The van der Waals surface area contributed by atoms with Crippen LogP contribution >= 0.6 is 11.8 Å². The van der Waals surface area contributed by atoms with E-state index in [1.165, 1.54) is 16.7 Å². The number of nitrogens with zero attached hydrogens (tertiary/aromatic N) is 2. The minimum atomic E-state index is -0.0758. The molecule has 0 saturated carbocycles. The third kappa shape index (κ3) is 4.33. The smallest absolute Gasteiger partial charge is 0.259 e. The minimum absolute atomic E-state index is 0.0758. The lowest BCUT2D eigenvalue weighted by Crippen LogP contribution is -2.21. The molecule has 0 atom stereocenters. The monoisotopic (exact) mass is 398 g/mol. The topological polar surface area (TPSA) is 34.9 Å². The Balaban J connectivity index is 1.78. The van der Waals surface area contributed by atoms with Gasteiger partial charge in [-0.3, -0.25) is 9.36 Å². The van der Waals surface area contributed by atoms with Gasteiger partial charge in [0, 0.05) is 17.4 Å². The van der Waals surface area contributed by atoms with Crippen molar-refractivity contribution in [3.05, 3.63) is 112 Å². The maximum Gasteiger partial charge on any atom is 0.259 e. The highest BCUT2D eigenvalue weighted by molar-refractivity contribution is 7.98. The molecule has 0 spiro atoms. The summed E-state index contributed by atoms with van der Waals surface area (Å²) in [7, 11) is 0. The van der Waals surface area contributed by atoms with Gasteiger partial charge < -0.3 is 0 Å². The fraction of sp³-hybridized carbons (Fsp3) is 0.120. The van der Waals surface area contributed by atoms with Crippen LogP contribution in [0.4, 0.5) is 0 Å². The van der Waals surface area contributed by atoms with E-state index in [2.05, 4.69) is 32.0 Å². The van der Waals surface area contributed by atoms with Crippen molar-refractivity contribution in [2.75, 3.05) is 0 Å². The molecule has 1 heterocycles. The van der Waals surface area contributed by atoms with Gasteiger partial charge in [0.05, 0.1) is 11.4 Å². The first-order valence-corrected chi connectivity index (χ1v) is 10.5. The maximum absolute atomic E-state index is 13.1. The van der Waals surface area contributed by atoms with E-state index in [9.17, 15) is 4.79 Å². The Morgan fingerprint density at radius 3 is 2.24 bits per heavy atom. The van der Waals surface area contributed by atoms with Crippen molar-refractivity contribution in [1.82, 2.24) is 9.55 Å². The minimum Gasteiger partial charge on any atom is -0.269 e. The van der Waals surface area contributed by atoms with Crippen molar-refractivity contribution in [1.29, 1.82) is 0 Å². The number of hydrogen-bond donors (Lipinski definition) is 0. The van der Waals surface area contributed by atoms with Gasteiger partial charge in [-0.25, -0.2) is 4.98 Å². The fourth-order valence-corrected chi connectivity index (χ4v) is 4.38. The number of aromatic nitrogens is 2. The van der Waals surface area contributed by atoms with Crippen molar-refractivity contribution in [2.45, 2.75) is 24.8 Å². The molecule has 3 nitrogen and oxygen atoms in total. The van der Waals surface area contributed by atoms with E-state index in [-0.39, 0.29) is 5.56 Å². The Morgan fingerprint density at radius 2 is 1.55 bits per heavy atom. The maximum atomic E-state index is 13.1. The molecule has 3 aromatic carbocycles. The molecule has 4 aromatic rings. The van der Waals surface area contributed by atoms with E-state index in [4.69, 9.17) is 4.98 Å². The Labute approximate surface area is 175 Å². The highest BCUT2D eigenvalue weighted by atomic mass is 32.2. The molecule has 4 heteroatoms. The van der Waals surface area contributed by atoms with Crippen LogP contribution in [0.1, 0.15) is 16.7 Å². The molecule has 4 rings (SSSR count). The third-order valence-corrected chi connectivity index (χ3v) is 5.81. The Hall–Kier alpha value is -3.11. The first kappa shape index (κ1) is 19.2. The summed E-state index contributed by atoms with van der Waals surface area (Å²) in [5.41, 5.74) is 6.15. The second-order valence-electron chi connectivity index (χ2n) is 7.02. The summed E-state index contributed by atoms with van der Waals surface area (Å²) in [6.45, 7) is 4.23. The molecule has 0 unspecified atom stereocenters. The highest BCUT2D eigenvalue weighted by Gasteiger charge is 2.13. The van der Waals surface area contributed by atoms with Crippen LogP contribution in [0.15, 0.2) is 94.9 Å². The SMILES string of the molecule is Cc1ccc(CSc2nc(-c3ccccc3)cc(=O)n2-c2ccccc2)c(C)c1. The van der Waals surface area contributed by atoms with Crippen LogP contribution < -0.4 is 5.56 Å². The van der Waals surface area contributed by atoms with E-state index < -0.39 is 0 Å². The average molecular weight is 399 g/mol. The second-order valence-corrected chi connectivity index (χ2v) is 7.96. The van der Waals surface area contributed by atoms with Gasteiger partial charge in [0.15, 0.2) is 5.16 Å². The molecule has 29 heavy (non-hydrogen) atoms. The molecule has 0 N–H and O–H groups in total. The Kier molecular flexibility index (Phi) is 5.63. The predicted molar refractivity (Wildman–Crippen MR) is 121 cm³/mol. The second kappa shape index (κ2) is 8.50. The van der Waals surface area contributed by atoms with Gasteiger partial charge in [-0.15, -0.1) is 0 Å². The van der Waals surface area contributed by atoms with Crippen LogP contribution in [-0.2, 0) is 5.75 Å². The molecular formula is C25H22N2OS. The van der Waals surface area contributed by atoms with Crippen molar-refractivity contribution >= 4 is 11.8 Å². The van der Waals surface area contributed by atoms with E-state index in [1.54, 1.807) is 22.4 Å². The number of benzene rings is 3. The Bertz CT molecular complexity index is 1180. The number of aryl methyl sites for hydroxylation is 2. The summed E-state index contributed by atoms with van der Waals surface area (Å²) in [4.78, 5) is 17.9. The van der Waals surface area contributed by atoms with Gasteiger partial charge in [0.2, 0.25) is 0 Å². The molecule has 0 fully saturated rings. The summed E-state index contributed by atoms with van der Waals surface area (Å²) >= 11 is 1.59. The molecule has 0 bridgehead atoms. The first-order valence-electron chi connectivity index (χ1n) is 9.56. The normalized spacial score (nSPS) is 10.8. The zero-order valence-corrected chi connectivity index (χ0v) is 17.3. The summed E-state index contributed by atoms with van der Waals surface area (Å²) < 4.78 is 1.70. The van der Waals surface area contributed by atoms with E-state index in [0.29, 0.717) is 10.9 Å². The standard InChI is InChI=1S/C25H22N2OS/c1-18-13-14-21(19(2)15-18)17-29-25-26-23(20-9-5-3-6-10-20)16-24(28)27(25)22-11-7-4-8-12-22/h3-16H,17H2,1-2H3. The highest BCUT2D eigenvalue weighted by Crippen LogP contribution is 2.27. The number of thioether (sulfide) groups is 1. The molecule has 0 aliphatic heterocycles. The van der Waals surface area contributed by atoms with Gasteiger partial charge in [0.1, 0.15) is 0 Å². The summed E-state index contributed by atoms with van der Waals surface area (Å²) in [6.07, 6.45) is 0. The largest absolute Gasteiger partial charge is 0.269 e. The molecule has 0 aliphatic carbocycles. The summed E-state index contributed by atoms with van der Waals surface area (Å²) in [5, 5.41) is 0.697. The molecule has 0 saturated heterocycles.